The lowest BCUT2D eigenvalue weighted by Gasteiger charge is -2.32. The maximum Gasteiger partial charge on any atom is 0.260 e. The Bertz CT molecular complexity index is 767. The molecule has 2 aliphatic heterocycles. The summed E-state index contributed by atoms with van der Waals surface area (Å²) in [6.07, 6.45) is 7.13. The lowest BCUT2D eigenvalue weighted by molar-refractivity contribution is -0.141. The number of aromatic nitrogens is 3. The van der Waals surface area contributed by atoms with Gasteiger partial charge in [0.05, 0.1) is 25.0 Å². The molecule has 2 fully saturated rings. The standard InChI is InChI=1S/C19H23N5O3/c25-18(14-27-15-4-3-6-20-12-15)24-10-11-26-17(13-24)16-5-7-21-19(22-16)23-8-1-2-9-23/h3-7,12,17H,1-2,8-11,13-14H2/t17-/m1/s1. The van der Waals surface area contributed by atoms with Gasteiger partial charge in [-0.3, -0.25) is 9.78 Å². The van der Waals surface area contributed by atoms with Crippen LogP contribution >= 0.6 is 0 Å². The van der Waals surface area contributed by atoms with Crippen molar-refractivity contribution in [3.63, 3.8) is 0 Å². The number of hydrogen-bond acceptors (Lipinski definition) is 7. The lowest BCUT2D eigenvalue weighted by atomic mass is 10.2. The minimum Gasteiger partial charge on any atom is -0.482 e. The number of ether oxygens (including phenoxy) is 2. The zero-order chi connectivity index (χ0) is 18.5. The smallest absolute Gasteiger partial charge is 0.260 e. The second-order valence-corrected chi connectivity index (χ2v) is 6.65. The van der Waals surface area contributed by atoms with E-state index < -0.39 is 0 Å². The summed E-state index contributed by atoms with van der Waals surface area (Å²) in [5.74, 6) is 1.26. The van der Waals surface area contributed by atoms with Gasteiger partial charge in [0, 0.05) is 32.0 Å². The maximum atomic E-state index is 12.5. The highest BCUT2D eigenvalue weighted by molar-refractivity contribution is 5.77. The van der Waals surface area contributed by atoms with Gasteiger partial charge < -0.3 is 19.3 Å². The summed E-state index contributed by atoms with van der Waals surface area (Å²) in [4.78, 5) is 29.5. The van der Waals surface area contributed by atoms with Gasteiger partial charge in [-0.05, 0) is 31.0 Å². The van der Waals surface area contributed by atoms with Gasteiger partial charge in [0.15, 0.2) is 6.61 Å². The molecule has 0 saturated carbocycles. The Balaban J connectivity index is 1.37. The first kappa shape index (κ1) is 17.7. The summed E-state index contributed by atoms with van der Waals surface area (Å²) < 4.78 is 11.4. The van der Waals surface area contributed by atoms with Crippen molar-refractivity contribution in [2.45, 2.75) is 18.9 Å². The van der Waals surface area contributed by atoms with E-state index in [1.165, 1.54) is 12.8 Å². The normalized spacial score (nSPS) is 19.9. The van der Waals surface area contributed by atoms with Gasteiger partial charge in [0.1, 0.15) is 11.9 Å². The van der Waals surface area contributed by atoms with Gasteiger partial charge in [0.25, 0.3) is 5.91 Å². The van der Waals surface area contributed by atoms with Crippen molar-refractivity contribution in [3.8, 4) is 5.75 Å². The molecular weight excluding hydrogens is 346 g/mol. The molecule has 8 heteroatoms. The summed E-state index contributed by atoms with van der Waals surface area (Å²) in [5.41, 5.74) is 0.817. The SMILES string of the molecule is O=C(COc1cccnc1)N1CCO[C@@H](c2ccnc(N3CCCC3)n2)C1. The number of carbonyl (C=O) groups is 1. The molecule has 1 amide bonds. The van der Waals surface area contributed by atoms with Crippen molar-refractivity contribution in [1.29, 1.82) is 0 Å². The van der Waals surface area contributed by atoms with Crippen molar-refractivity contribution >= 4 is 11.9 Å². The van der Waals surface area contributed by atoms with Gasteiger partial charge in [0.2, 0.25) is 5.95 Å². The van der Waals surface area contributed by atoms with Crippen LogP contribution in [0.3, 0.4) is 0 Å². The van der Waals surface area contributed by atoms with Gasteiger partial charge >= 0.3 is 0 Å². The molecule has 2 aromatic heterocycles. The van der Waals surface area contributed by atoms with Crippen LogP contribution < -0.4 is 9.64 Å². The Morgan fingerprint density at radius 1 is 1.22 bits per heavy atom. The van der Waals surface area contributed by atoms with Gasteiger partial charge in [-0.1, -0.05) is 0 Å². The van der Waals surface area contributed by atoms with E-state index in [1.54, 1.807) is 35.6 Å². The van der Waals surface area contributed by atoms with Gasteiger partial charge in [-0.25, -0.2) is 9.97 Å². The van der Waals surface area contributed by atoms with Crippen molar-refractivity contribution in [2.24, 2.45) is 0 Å². The van der Waals surface area contributed by atoms with Crippen LogP contribution in [0.25, 0.3) is 0 Å². The Labute approximate surface area is 158 Å². The molecule has 142 valence electrons. The van der Waals surface area contributed by atoms with Crippen molar-refractivity contribution in [1.82, 2.24) is 19.9 Å². The van der Waals surface area contributed by atoms with E-state index in [0.29, 0.717) is 25.4 Å². The first-order valence-electron chi connectivity index (χ1n) is 9.30. The molecule has 0 bridgehead atoms. The zero-order valence-corrected chi connectivity index (χ0v) is 15.2. The quantitative estimate of drug-likeness (QED) is 0.789. The van der Waals surface area contributed by atoms with Crippen LogP contribution in [0.5, 0.6) is 5.75 Å². The molecule has 1 atom stereocenters. The molecule has 0 aliphatic carbocycles. The minimum absolute atomic E-state index is 0.0127. The number of carbonyl (C=O) groups excluding carboxylic acids is 1. The summed E-state index contributed by atoms with van der Waals surface area (Å²) in [5, 5.41) is 0. The number of nitrogens with zero attached hydrogens (tertiary/aromatic N) is 5. The van der Waals surface area contributed by atoms with E-state index in [0.717, 1.165) is 24.7 Å². The third kappa shape index (κ3) is 4.33. The fraction of sp³-hybridized carbons (Fsp3) is 0.474. The second-order valence-electron chi connectivity index (χ2n) is 6.65. The largest absolute Gasteiger partial charge is 0.482 e. The molecule has 2 saturated heterocycles. The average molecular weight is 369 g/mol. The van der Waals surface area contributed by atoms with E-state index in [4.69, 9.17) is 9.47 Å². The van der Waals surface area contributed by atoms with Gasteiger partial charge in [-0.15, -0.1) is 0 Å². The molecule has 8 nitrogen and oxygen atoms in total. The fourth-order valence-corrected chi connectivity index (χ4v) is 3.33. The molecule has 0 unspecified atom stereocenters. The molecule has 27 heavy (non-hydrogen) atoms. The topological polar surface area (TPSA) is 80.7 Å². The zero-order valence-electron chi connectivity index (χ0n) is 15.2. The first-order chi connectivity index (χ1) is 13.3. The average Bonchev–Trinajstić information content (AvgIpc) is 3.28. The Morgan fingerprint density at radius 3 is 2.93 bits per heavy atom. The molecular formula is C19H23N5O3. The number of hydrogen-bond donors (Lipinski definition) is 0. The highest BCUT2D eigenvalue weighted by Crippen LogP contribution is 2.23. The third-order valence-electron chi connectivity index (χ3n) is 4.80. The monoisotopic (exact) mass is 369 g/mol. The van der Waals surface area contributed by atoms with Crippen LogP contribution in [-0.4, -0.2) is 65.2 Å². The van der Waals surface area contributed by atoms with Crippen LogP contribution in [0.2, 0.25) is 0 Å². The first-order valence-corrected chi connectivity index (χ1v) is 9.30. The third-order valence-corrected chi connectivity index (χ3v) is 4.80. The molecule has 4 heterocycles. The number of rotatable bonds is 5. The van der Waals surface area contributed by atoms with Crippen molar-refractivity contribution < 1.29 is 14.3 Å². The molecule has 4 rings (SSSR count). The molecule has 0 aromatic carbocycles. The number of pyridine rings is 1. The van der Waals surface area contributed by atoms with E-state index in [2.05, 4.69) is 19.9 Å². The predicted octanol–water partition coefficient (Wildman–Crippen LogP) is 1.45. The van der Waals surface area contributed by atoms with Crippen LogP contribution in [0.15, 0.2) is 36.8 Å². The Kier molecular flexibility index (Phi) is 5.43. The number of morpholine rings is 1. The molecule has 0 radical (unpaired) electrons. The van der Waals surface area contributed by atoms with Crippen molar-refractivity contribution in [2.75, 3.05) is 44.3 Å². The Morgan fingerprint density at radius 2 is 2.11 bits per heavy atom. The summed E-state index contributed by atoms with van der Waals surface area (Å²) >= 11 is 0. The van der Waals surface area contributed by atoms with Crippen LogP contribution in [-0.2, 0) is 9.53 Å². The molecule has 0 N–H and O–H groups in total. The number of anilines is 1. The fourth-order valence-electron chi connectivity index (χ4n) is 3.33. The van der Waals surface area contributed by atoms with E-state index >= 15 is 0 Å². The summed E-state index contributed by atoms with van der Waals surface area (Å²) in [7, 11) is 0. The van der Waals surface area contributed by atoms with E-state index in [1.807, 2.05) is 6.07 Å². The minimum atomic E-state index is -0.245. The highest BCUT2D eigenvalue weighted by atomic mass is 16.5. The second kappa shape index (κ2) is 8.30. The summed E-state index contributed by atoms with van der Waals surface area (Å²) in [6, 6.07) is 5.42. The van der Waals surface area contributed by atoms with E-state index in [-0.39, 0.29) is 18.6 Å². The maximum absolute atomic E-state index is 12.5. The van der Waals surface area contributed by atoms with Crippen molar-refractivity contribution in [3.05, 3.63) is 42.5 Å². The predicted molar refractivity (Wildman–Crippen MR) is 98.5 cm³/mol. The molecule has 0 spiro atoms. The van der Waals surface area contributed by atoms with Crippen LogP contribution in [0.4, 0.5) is 5.95 Å². The van der Waals surface area contributed by atoms with E-state index in [9.17, 15) is 4.79 Å². The van der Waals surface area contributed by atoms with Crippen LogP contribution in [0.1, 0.15) is 24.6 Å². The number of amides is 1. The Hall–Kier alpha value is -2.74. The molecule has 2 aromatic rings. The van der Waals surface area contributed by atoms with Gasteiger partial charge in [-0.2, -0.15) is 0 Å². The van der Waals surface area contributed by atoms with Crippen LogP contribution in [0, 0.1) is 0 Å². The molecule has 2 aliphatic rings. The lowest BCUT2D eigenvalue weighted by Crippen LogP contribution is -2.44. The highest BCUT2D eigenvalue weighted by Gasteiger charge is 2.27. The summed E-state index contributed by atoms with van der Waals surface area (Å²) in [6.45, 7) is 3.46.